The van der Waals surface area contributed by atoms with Gasteiger partial charge >= 0.3 is 0 Å². The highest BCUT2D eigenvalue weighted by atomic mass is 79.9. The van der Waals surface area contributed by atoms with E-state index >= 15 is 0 Å². The summed E-state index contributed by atoms with van der Waals surface area (Å²) in [6, 6.07) is 9.83. The van der Waals surface area contributed by atoms with E-state index in [0.29, 0.717) is 16.7 Å². The van der Waals surface area contributed by atoms with Gasteiger partial charge in [-0.05, 0) is 36.6 Å². The van der Waals surface area contributed by atoms with Crippen molar-refractivity contribution in [2.24, 2.45) is 0 Å². The second-order valence-electron chi connectivity index (χ2n) is 4.91. The van der Waals surface area contributed by atoms with E-state index in [-0.39, 0.29) is 6.23 Å². The van der Waals surface area contributed by atoms with Crippen LogP contribution in [0.5, 0.6) is 5.88 Å². The average molecular weight is 390 g/mol. The molecule has 3 heterocycles. The van der Waals surface area contributed by atoms with Gasteiger partial charge in [0.15, 0.2) is 5.69 Å². The lowest BCUT2D eigenvalue weighted by Gasteiger charge is -2.17. The van der Waals surface area contributed by atoms with Crippen molar-refractivity contribution in [3.05, 3.63) is 46.7 Å². The van der Waals surface area contributed by atoms with Crippen molar-refractivity contribution in [3.63, 3.8) is 0 Å². The quantitative estimate of drug-likeness (QED) is 0.648. The Kier molecular flexibility index (Phi) is 3.70. The zero-order chi connectivity index (χ0) is 15.8. The maximum atomic E-state index is 6.08. The molecule has 6 nitrogen and oxygen atoms in total. The highest BCUT2D eigenvalue weighted by Gasteiger charge is 2.26. The molecule has 23 heavy (non-hydrogen) atoms. The van der Waals surface area contributed by atoms with E-state index in [1.54, 1.807) is 0 Å². The van der Waals surface area contributed by atoms with Gasteiger partial charge in [-0.25, -0.2) is 0 Å². The summed E-state index contributed by atoms with van der Waals surface area (Å²) in [4.78, 5) is 7.65. The lowest BCUT2D eigenvalue weighted by molar-refractivity contribution is 0.221. The molecule has 0 spiro atoms. The molecule has 0 saturated carbocycles. The van der Waals surface area contributed by atoms with Gasteiger partial charge in [0, 0.05) is 21.9 Å². The van der Waals surface area contributed by atoms with Crippen LogP contribution in [0.25, 0.3) is 11.3 Å². The van der Waals surface area contributed by atoms with E-state index in [0.717, 1.165) is 21.4 Å². The smallest absolute Gasteiger partial charge is 0.247 e. The second kappa shape index (κ2) is 5.86. The molecule has 116 valence electrons. The minimum absolute atomic E-state index is 0.377. The van der Waals surface area contributed by atoms with Crippen LogP contribution in [-0.2, 0) is 0 Å². The van der Waals surface area contributed by atoms with Crippen LogP contribution in [0.2, 0.25) is 0 Å². The molecule has 8 heteroatoms. The zero-order valence-corrected chi connectivity index (χ0v) is 14.5. The van der Waals surface area contributed by atoms with E-state index in [1.807, 2.05) is 42.8 Å². The molecule has 0 bridgehead atoms. The fourth-order valence-corrected chi connectivity index (χ4v) is 3.06. The first-order chi connectivity index (χ1) is 11.2. The second-order valence-corrected chi connectivity index (χ2v) is 6.60. The third-order valence-electron chi connectivity index (χ3n) is 3.48. The molecule has 1 atom stereocenters. The number of hydrogen-bond donors (Lipinski definition) is 2. The molecule has 1 aromatic carbocycles. The Bertz CT molecular complexity index is 855. The molecular formula is C15H12BrN5OS. The third kappa shape index (κ3) is 2.68. The molecule has 0 aliphatic carbocycles. The van der Waals surface area contributed by atoms with E-state index < -0.39 is 0 Å². The lowest BCUT2D eigenvalue weighted by Crippen LogP contribution is -2.17. The number of halogens is 1. The van der Waals surface area contributed by atoms with Crippen LogP contribution >= 0.6 is 27.7 Å². The molecule has 1 aliphatic rings. The normalized spacial score (nSPS) is 15.8. The highest BCUT2D eigenvalue weighted by molar-refractivity contribution is 9.10. The van der Waals surface area contributed by atoms with E-state index in [1.165, 1.54) is 11.8 Å². The van der Waals surface area contributed by atoms with Gasteiger partial charge in [-0.1, -0.05) is 27.7 Å². The minimum atomic E-state index is -0.377. The summed E-state index contributed by atoms with van der Waals surface area (Å²) in [5.41, 5.74) is 3.35. The van der Waals surface area contributed by atoms with Gasteiger partial charge in [-0.2, -0.15) is 4.98 Å². The minimum Gasteiger partial charge on any atom is -0.446 e. The largest absolute Gasteiger partial charge is 0.446 e. The van der Waals surface area contributed by atoms with Crippen LogP contribution in [0.3, 0.4) is 0 Å². The first-order valence-corrected chi connectivity index (χ1v) is 8.91. The van der Waals surface area contributed by atoms with Crippen molar-refractivity contribution in [3.8, 4) is 17.1 Å². The van der Waals surface area contributed by atoms with Gasteiger partial charge in [0.05, 0.1) is 5.69 Å². The summed E-state index contributed by atoms with van der Waals surface area (Å²) in [5.74, 6) is 0.466. The standard InChI is InChI=1S/C15H12BrN5OS/c1-23-15-19-14-12(20-21-15)9-7-8(16)4-5-10(9)18-13(22-14)11-3-2-6-17-11/h2-7,13,17-18H,1H3. The first-order valence-electron chi connectivity index (χ1n) is 6.90. The summed E-state index contributed by atoms with van der Waals surface area (Å²) < 4.78 is 7.04. The van der Waals surface area contributed by atoms with Gasteiger partial charge in [-0.15, -0.1) is 10.2 Å². The molecule has 2 aromatic heterocycles. The molecule has 4 rings (SSSR count). The van der Waals surface area contributed by atoms with Gasteiger partial charge < -0.3 is 15.0 Å². The summed E-state index contributed by atoms with van der Waals surface area (Å²) in [5, 5.41) is 12.4. The van der Waals surface area contributed by atoms with Gasteiger partial charge in [-0.3, -0.25) is 0 Å². The topological polar surface area (TPSA) is 75.7 Å². The molecule has 1 unspecified atom stereocenters. The molecule has 2 N–H and O–H groups in total. The number of ether oxygens (including phenoxy) is 1. The predicted molar refractivity (Wildman–Crippen MR) is 92.5 cm³/mol. The Labute approximate surface area is 145 Å². The van der Waals surface area contributed by atoms with Crippen LogP contribution < -0.4 is 10.1 Å². The Morgan fingerprint density at radius 3 is 2.96 bits per heavy atom. The summed E-state index contributed by atoms with van der Waals surface area (Å²) in [6.07, 6.45) is 3.39. The molecule has 0 fully saturated rings. The number of benzene rings is 1. The monoisotopic (exact) mass is 389 g/mol. The Hall–Kier alpha value is -2.06. The maximum absolute atomic E-state index is 6.08. The van der Waals surface area contributed by atoms with E-state index in [4.69, 9.17) is 4.74 Å². The number of thioether (sulfide) groups is 1. The predicted octanol–water partition coefficient (Wildman–Crippen LogP) is 3.85. The fraction of sp³-hybridized carbons (Fsp3) is 0.133. The Morgan fingerprint density at radius 2 is 2.17 bits per heavy atom. The van der Waals surface area contributed by atoms with Crippen LogP contribution in [0.4, 0.5) is 5.69 Å². The fourth-order valence-electron chi connectivity index (χ4n) is 2.40. The summed E-state index contributed by atoms with van der Waals surface area (Å²) >= 11 is 4.93. The molecule has 3 aromatic rings. The average Bonchev–Trinajstić information content (AvgIpc) is 3.05. The van der Waals surface area contributed by atoms with Crippen LogP contribution in [-0.4, -0.2) is 26.4 Å². The Morgan fingerprint density at radius 1 is 1.26 bits per heavy atom. The van der Waals surface area contributed by atoms with Crippen LogP contribution in [0.1, 0.15) is 11.9 Å². The first kappa shape index (κ1) is 14.5. The number of hydrogen-bond acceptors (Lipinski definition) is 6. The number of aromatic nitrogens is 4. The van der Waals surface area contributed by atoms with Gasteiger partial charge in [0.2, 0.25) is 17.3 Å². The van der Waals surface area contributed by atoms with Crippen LogP contribution in [0.15, 0.2) is 46.2 Å². The van der Waals surface area contributed by atoms with Crippen molar-refractivity contribution >= 4 is 33.4 Å². The summed E-state index contributed by atoms with van der Waals surface area (Å²) in [7, 11) is 0. The molecular weight excluding hydrogens is 378 g/mol. The number of nitrogens with zero attached hydrogens (tertiary/aromatic N) is 3. The highest BCUT2D eigenvalue weighted by Crippen LogP contribution is 2.40. The molecule has 0 saturated heterocycles. The van der Waals surface area contributed by atoms with Crippen molar-refractivity contribution in [2.45, 2.75) is 11.4 Å². The number of aromatic amines is 1. The van der Waals surface area contributed by atoms with Crippen molar-refractivity contribution in [1.82, 2.24) is 20.2 Å². The summed E-state index contributed by atoms with van der Waals surface area (Å²) in [6.45, 7) is 0. The number of rotatable bonds is 2. The Balaban J connectivity index is 1.90. The lowest BCUT2D eigenvalue weighted by atomic mass is 10.1. The zero-order valence-electron chi connectivity index (χ0n) is 12.1. The van der Waals surface area contributed by atoms with Gasteiger partial charge in [0.25, 0.3) is 0 Å². The SMILES string of the molecule is CSc1nnc2c(n1)OC(c1ccc[nH]1)Nc1ccc(Br)cc1-2. The van der Waals surface area contributed by atoms with Crippen molar-refractivity contribution < 1.29 is 4.74 Å². The molecule has 1 aliphatic heterocycles. The number of nitrogens with one attached hydrogen (secondary N) is 2. The van der Waals surface area contributed by atoms with E-state index in [9.17, 15) is 0 Å². The maximum Gasteiger partial charge on any atom is 0.247 e. The van der Waals surface area contributed by atoms with E-state index in [2.05, 4.69) is 41.4 Å². The van der Waals surface area contributed by atoms with Crippen molar-refractivity contribution in [1.29, 1.82) is 0 Å². The molecule has 0 radical (unpaired) electrons. The number of H-pyrrole nitrogens is 1. The van der Waals surface area contributed by atoms with Crippen LogP contribution in [0, 0.1) is 0 Å². The van der Waals surface area contributed by atoms with Crippen molar-refractivity contribution in [2.75, 3.05) is 11.6 Å². The molecule has 0 amide bonds. The number of fused-ring (bicyclic) bond motifs is 3. The number of anilines is 1. The third-order valence-corrected chi connectivity index (χ3v) is 4.51. The van der Waals surface area contributed by atoms with Gasteiger partial charge in [0.1, 0.15) is 0 Å².